The quantitative estimate of drug-likeness (QED) is 0.169. The molecule has 2 aliphatic rings. The molecule has 10 aromatic carbocycles. The van der Waals surface area contributed by atoms with E-state index in [-0.39, 0.29) is 5.41 Å². The van der Waals surface area contributed by atoms with Gasteiger partial charge in [-0.2, -0.15) is 0 Å². The van der Waals surface area contributed by atoms with E-state index in [1.54, 1.807) is 0 Å². The largest absolute Gasteiger partial charge is 0.310 e. The third kappa shape index (κ3) is 4.79. The maximum Gasteiger partial charge on any atom is 0.0725 e. The van der Waals surface area contributed by atoms with E-state index >= 15 is 0 Å². The number of rotatable bonds is 5. The van der Waals surface area contributed by atoms with Gasteiger partial charge in [-0.1, -0.05) is 176 Å². The average molecular weight is 775 g/mol. The normalized spacial score (nSPS) is 13.0. The van der Waals surface area contributed by atoms with Crippen molar-refractivity contribution in [3.05, 3.63) is 253 Å². The van der Waals surface area contributed by atoms with Crippen LogP contribution in [0.4, 0.5) is 17.1 Å². The lowest BCUT2D eigenvalue weighted by atomic mass is 9.70. The molecule has 1 aromatic heterocycles. The van der Waals surface area contributed by atoms with Gasteiger partial charge in [-0.3, -0.25) is 0 Å². The molecule has 0 radical (unpaired) electrons. The molecule has 0 bridgehead atoms. The summed E-state index contributed by atoms with van der Waals surface area (Å²) in [5.41, 5.74) is 19.6. The van der Waals surface area contributed by atoms with E-state index < -0.39 is 0 Å². The Balaban J connectivity index is 0.952. The monoisotopic (exact) mass is 774 g/mol. The van der Waals surface area contributed by atoms with Crippen molar-refractivity contribution < 1.29 is 0 Å². The van der Waals surface area contributed by atoms with E-state index in [9.17, 15) is 0 Å². The fraction of sp³-hybridized carbons (Fsp3) is 0.0169. The Morgan fingerprint density at radius 2 is 0.852 bits per heavy atom. The van der Waals surface area contributed by atoms with Crippen molar-refractivity contribution in [1.29, 1.82) is 0 Å². The van der Waals surface area contributed by atoms with Crippen LogP contribution in [0.1, 0.15) is 22.3 Å². The second-order valence-electron chi connectivity index (χ2n) is 16.4. The van der Waals surface area contributed by atoms with E-state index in [2.05, 4.69) is 240 Å². The van der Waals surface area contributed by atoms with E-state index in [1.807, 2.05) is 0 Å². The van der Waals surface area contributed by atoms with Crippen LogP contribution in [0.25, 0.3) is 71.6 Å². The number of para-hydroxylation sites is 2. The van der Waals surface area contributed by atoms with Crippen molar-refractivity contribution in [1.82, 2.24) is 4.57 Å². The van der Waals surface area contributed by atoms with Crippen LogP contribution >= 0.6 is 0 Å². The Labute approximate surface area is 354 Å². The molecule has 0 unspecified atom stereocenters. The zero-order valence-corrected chi connectivity index (χ0v) is 33.3. The fourth-order valence-corrected chi connectivity index (χ4v) is 10.9. The highest BCUT2D eigenvalue weighted by atomic mass is 15.1. The van der Waals surface area contributed by atoms with Crippen molar-refractivity contribution in [3.8, 4) is 39.1 Å². The Hall–Kier alpha value is -7.94. The predicted molar refractivity (Wildman–Crippen MR) is 255 cm³/mol. The zero-order valence-electron chi connectivity index (χ0n) is 33.3. The number of hydrogen-bond acceptors (Lipinski definition) is 1. The van der Waals surface area contributed by atoms with Crippen LogP contribution in [0.3, 0.4) is 0 Å². The summed E-state index contributed by atoms with van der Waals surface area (Å²) < 4.78 is 2.45. The molecule has 2 aliphatic carbocycles. The third-order valence-corrected chi connectivity index (χ3v) is 13.4. The molecule has 2 heteroatoms. The topological polar surface area (TPSA) is 8.17 Å². The minimum atomic E-state index is -0.364. The van der Waals surface area contributed by atoms with Crippen LogP contribution in [0, 0.1) is 0 Å². The van der Waals surface area contributed by atoms with Crippen molar-refractivity contribution in [2.24, 2.45) is 0 Å². The van der Waals surface area contributed by atoms with Gasteiger partial charge in [0.05, 0.1) is 16.4 Å². The van der Waals surface area contributed by atoms with Gasteiger partial charge in [0.15, 0.2) is 0 Å². The first kappa shape index (κ1) is 34.0. The van der Waals surface area contributed by atoms with Gasteiger partial charge in [-0.15, -0.1) is 0 Å². The molecular weight excluding hydrogens is 737 g/mol. The minimum absolute atomic E-state index is 0.364. The van der Waals surface area contributed by atoms with Gasteiger partial charge in [-0.05, 0) is 116 Å². The molecule has 0 aliphatic heterocycles. The number of anilines is 3. The molecule has 0 saturated carbocycles. The lowest BCUT2D eigenvalue weighted by Gasteiger charge is -2.31. The number of fused-ring (bicyclic) bond motifs is 15. The lowest BCUT2D eigenvalue weighted by Crippen LogP contribution is -2.25. The summed E-state index contributed by atoms with van der Waals surface area (Å²) in [6, 6.07) is 85.1. The highest BCUT2D eigenvalue weighted by Crippen LogP contribution is 2.63. The van der Waals surface area contributed by atoms with Crippen molar-refractivity contribution >= 4 is 49.6 Å². The van der Waals surface area contributed by atoms with Crippen molar-refractivity contribution in [3.63, 3.8) is 0 Å². The Bertz CT molecular complexity index is 3480. The first-order chi connectivity index (χ1) is 30.3. The van der Waals surface area contributed by atoms with E-state index in [4.69, 9.17) is 0 Å². The molecular formula is C59H38N2. The zero-order chi connectivity index (χ0) is 40.1. The number of benzene rings is 10. The maximum absolute atomic E-state index is 2.45. The first-order valence-electron chi connectivity index (χ1n) is 21.2. The molecule has 2 nitrogen and oxygen atoms in total. The summed E-state index contributed by atoms with van der Waals surface area (Å²) >= 11 is 0. The molecule has 1 spiro atoms. The van der Waals surface area contributed by atoms with Gasteiger partial charge in [0.2, 0.25) is 0 Å². The van der Waals surface area contributed by atoms with Gasteiger partial charge in [0, 0.05) is 38.9 Å². The predicted octanol–water partition coefficient (Wildman–Crippen LogP) is 15.4. The summed E-state index contributed by atoms with van der Waals surface area (Å²) in [7, 11) is 0. The summed E-state index contributed by atoms with van der Waals surface area (Å²) in [6.45, 7) is 0. The highest BCUT2D eigenvalue weighted by molar-refractivity contribution is 6.19. The molecule has 0 fully saturated rings. The first-order valence-corrected chi connectivity index (χ1v) is 21.2. The molecule has 0 N–H and O–H groups in total. The summed E-state index contributed by atoms with van der Waals surface area (Å²) in [6.07, 6.45) is 0. The maximum atomic E-state index is 2.45. The second kappa shape index (κ2) is 13.0. The van der Waals surface area contributed by atoms with Gasteiger partial charge in [0.1, 0.15) is 0 Å². The van der Waals surface area contributed by atoms with Gasteiger partial charge >= 0.3 is 0 Å². The average Bonchev–Trinajstić information content (AvgIpc) is 3.94. The van der Waals surface area contributed by atoms with Gasteiger partial charge in [-0.25, -0.2) is 0 Å². The molecule has 13 rings (SSSR count). The molecule has 0 saturated heterocycles. The molecule has 0 atom stereocenters. The van der Waals surface area contributed by atoms with Crippen LogP contribution in [0.15, 0.2) is 231 Å². The smallest absolute Gasteiger partial charge is 0.0725 e. The molecule has 1 heterocycles. The van der Waals surface area contributed by atoms with Crippen LogP contribution < -0.4 is 4.90 Å². The molecule has 284 valence electrons. The van der Waals surface area contributed by atoms with E-state index in [0.29, 0.717) is 0 Å². The van der Waals surface area contributed by atoms with Gasteiger partial charge < -0.3 is 9.47 Å². The van der Waals surface area contributed by atoms with Crippen molar-refractivity contribution in [2.45, 2.75) is 5.41 Å². The van der Waals surface area contributed by atoms with E-state index in [1.165, 1.54) is 88.2 Å². The highest BCUT2D eigenvalue weighted by Gasteiger charge is 2.51. The van der Waals surface area contributed by atoms with Crippen molar-refractivity contribution in [2.75, 3.05) is 4.90 Å². The molecule has 61 heavy (non-hydrogen) atoms. The van der Waals surface area contributed by atoms with Crippen LogP contribution in [-0.2, 0) is 5.41 Å². The summed E-state index contributed by atoms with van der Waals surface area (Å²) in [5.74, 6) is 0. The Morgan fingerprint density at radius 3 is 1.56 bits per heavy atom. The van der Waals surface area contributed by atoms with Crippen LogP contribution in [-0.4, -0.2) is 4.57 Å². The van der Waals surface area contributed by atoms with Crippen LogP contribution in [0.2, 0.25) is 0 Å². The minimum Gasteiger partial charge on any atom is -0.310 e. The van der Waals surface area contributed by atoms with Gasteiger partial charge in [0.25, 0.3) is 0 Å². The number of hydrogen-bond donors (Lipinski definition) is 0. The molecule has 11 aromatic rings. The third-order valence-electron chi connectivity index (χ3n) is 13.4. The number of aromatic nitrogens is 1. The standard InChI is InChI=1S/C59H38N2/c1-3-16-42(17-4-1)60(45-33-36-56-52(38-45)49-23-11-14-26-55(49)59(56)53-24-12-9-21-47(53)48-22-10-13-25-54(48)59)44-31-27-39(28-32-44)41-30-34-50-51-35-29-40-15-7-8-20-46(40)58(51)61(57(50)37-41)43-18-5-2-6-19-43/h1-38H. The van der Waals surface area contributed by atoms with Crippen LogP contribution in [0.5, 0.6) is 0 Å². The molecule has 0 amide bonds. The summed E-state index contributed by atoms with van der Waals surface area (Å²) in [4.78, 5) is 2.40. The fourth-order valence-electron chi connectivity index (χ4n) is 10.9. The second-order valence-corrected chi connectivity index (χ2v) is 16.4. The summed E-state index contributed by atoms with van der Waals surface area (Å²) in [5, 5.41) is 5.03. The van der Waals surface area contributed by atoms with E-state index in [0.717, 1.165) is 22.7 Å². The lowest BCUT2D eigenvalue weighted by molar-refractivity contribution is 0.794. The SMILES string of the molecule is c1ccc(N(c2ccc(-c3ccc4c5ccc6ccccc6c5n(-c5ccccc5)c4c3)cc2)c2ccc3c(c2)-c2ccccc2C32c3ccccc3-c3ccccc32)cc1. The Kier molecular flexibility index (Phi) is 7.26. The number of nitrogens with zero attached hydrogens (tertiary/aromatic N) is 2. The Morgan fingerprint density at radius 1 is 0.328 bits per heavy atom.